The summed E-state index contributed by atoms with van der Waals surface area (Å²) in [5.74, 6) is 1.23. The van der Waals surface area contributed by atoms with E-state index in [9.17, 15) is 0 Å². The molecule has 0 unspecified atom stereocenters. The Balaban J connectivity index is 1.66. The highest BCUT2D eigenvalue weighted by Gasteiger charge is 2.15. The Morgan fingerprint density at radius 2 is 1.08 bits per heavy atom. The number of rotatable bonds is 2. The van der Waals surface area contributed by atoms with Crippen LogP contribution in [0.5, 0.6) is 0 Å². The lowest BCUT2D eigenvalue weighted by atomic mass is 10.1. The molecule has 26 heavy (non-hydrogen) atoms. The van der Waals surface area contributed by atoms with Crippen LogP contribution in [0.2, 0.25) is 0 Å². The molecule has 2 aromatic heterocycles. The van der Waals surface area contributed by atoms with Crippen LogP contribution >= 0.6 is 0 Å². The van der Waals surface area contributed by atoms with Crippen LogP contribution in [-0.2, 0) is 0 Å². The van der Waals surface area contributed by atoms with Gasteiger partial charge in [0.15, 0.2) is 11.2 Å². The molecule has 4 heteroatoms. The van der Waals surface area contributed by atoms with Crippen LogP contribution in [0.25, 0.3) is 45.1 Å². The molecule has 0 atom stereocenters. The maximum absolute atomic E-state index is 5.98. The van der Waals surface area contributed by atoms with Gasteiger partial charge in [-0.1, -0.05) is 36.4 Å². The van der Waals surface area contributed by atoms with Gasteiger partial charge in [0, 0.05) is 17.2 Å². The Bertz CT molecular complexity index is 1120. The summed E-state index contributed by atoms with van der Waals surface area (Å²) in [6, 6.07) is 19.9. The number of aromatic nitrogens is 2. The van der Waals surface area contributed by atoms with Gasteiger partial charge >= 0.3 is 0 Å². The molecule has 0 spiro atoms. The van der Waals surface area contributed by atoms with Gasteiger partial charge in [-0.2, -0.15) is 0 Å². The van der Waals surface area contributed by atoms with Crippen LogP contribution in [0.1, 0.15) is 11.1 Å². The second-order valence-corrected chi connectivity index (χ2v) is 6.46. The van der Waals surface area contributed by atoms with E-state index in [1.165, 1.54) is 0 Å². The smallest absolute Gasteiger partial charge is 0.227 e. The van der Waals surface area contributed by atoms with Crippen molar-refractivity contribution in [1.29, 1.82) is 0 Å². The second-order valence-electron chi connectivity index (χ2n) is 6.46. The number of fused-ring (bicyclic) bond motifs is 2. The van der Waals surface area contributed by atoms with Gasteiger partial charge in [-0.25, -0.2) is 9.97 Å². The van der Waals surface area contributed by atoms with E-state index in [0.717, 1.165) is 33.3 Å². The molecule has 0 aliphatic rings. The summed E-state index contributed by atoms with van der Waals surface area (Å²) in [5, 5.41) is 0. The molecule has 5 aromatic rings. The second kappa shape index (κ2) is 5.56. The first-order valence-electron chi connectivity index (χ1n) is 8.52. The summed E-state index contributed by atoms with van der Waals surface area (Å²) in [6.07, 6.45) is 0. The molecule has 0 saturated heterocycles. The number of nitrogens with zero attached hydrogens (tertiary/aromatic N) is 2. The van der Waals surface area contributed by atoms with Gasteiger partial charge in [-0.3, -0.25) is 0 Å². The molecular weight excluding hydrogens is 324 g/mol. The molecule has 0 aliphatic carbocycles. The average molecular weight is 340 g/mol. The van der Waals surface area contributed by atoms with Crippen LogP contribution in [0.4, 0.5) is 0 Å². The van der Waals surface area contributed by atoms with Gasteiger partial charge in [0.05, 0.1) is 0 Å². The van der Waals surface area contributed by atoms with Gasteiger partial charge in [0.25, 0.3) is 0 Å². The Morgan fingerprint density at radius 1 is 0.615 bits per heavy atom. The number of aryl methyl sites for hydroxylation is 2. The van der Waals surface area contributed by atoms with Crippen molar-refractivity contribution in [3.05, 3.63) is 71.8 Å². The Kier molecular flexibility index (Phi) is 3.19. The van der Waals surface area contributed by atoms with Crippen molar-refractivity contribution in [3.8, 4) is 22.9 Å². The van der Waals surface area contributed by atoms with Crippen molar-refractivity contribution in [2.24, 2.45) is 0 Å². The highest BCUT2D eigenvalue weighted by molar-refractivity contribution is 5.91. The standard InChI is InChI=1S/C22H16N2O2/c1-13-7-3-5-9-15(13)21-23-17-11-18-20(12-19(17)25-21)26-22(24-18)16-10-6-4-8-14(16)2/h3-12H,1-2H3. The first kappa shape index (κ1) is 14.9. The summed E-state index contributed by atoms with van der Waals surface area (Å²) in [7, 11) is 0. The summed E-state index contributed by atoms with van der Waals surface area (Å²) in [4.78, 5) is 9.29. The van der Waals surface area contributed by atoms with Crippen molar-refractivity contribution in [1.82, 2.24) is 9.97 Å². The predicted molar refractivity (Wildman–Crippen MR) is 102 cm³/mol. The number of hydrogen-bond donors (Lipinski definition) is 0. The maximum Gasteiger partial charge on any atom is 0.227 e. The van der Waals surface area contributed by atoms with E-state index in [0.29, 0.717) is 22.9 Å². The Morgan fingerprint density at radius 3 is 1.54 bits per heavy atom. The fraction of sp³-hybridized carbons (Fsp3) is 0.0909. The molecule has 126 valence electrons. The molecule has 2 heterocycles. The number of hydrogen-bond acceptors (Lipinski definition) is 4. The minimum Gasteiger partial charge on any atom is -0.436 e. The molecule has 0 saturated carbocycles. The molecule has 0 bridgehead atoms. The molecule has 4 nitrogen and oxygen atoms in total. The van der Waals surface area contributed by atoms with E-state index in [4.69, 9.17) is 8.83 Å². The van der Waals surface area contributed by atoms with Crippen molar-refractivity contribution in [2.45, 2.75) is 13.8 Å². The first-order valence-corrected chi connectivity index (χ1v) is 8.52. The van der Waals surface area contributed by atoms with Crippen molar-refractivity contribution in [3.63, 3.8) is 0 Å². The minimum atomic E-state index is 0.616. The topological polar surface area (TPSA) is 52.1 Å². The monoisotopic (exact) mass is 340 g/mol. The molecule has 0 aliphatic heterocycles. The van der Waals surface area contributed by atoms with E-state index in [1.54, 1.807) is 0 Å². The lowest BCUT2D eigenvalue weighted by Crippen LogP contribution is -1.81. The predicted octanol–water partition coefficient (Wildman–Crippen LogP) is 5.92. The van der Waals surface area contributed by atoms with Crippen LogP contribution in [0, 0.1) is 13.8 Å². The molecule has 3 aromatic carbocycles. The van der Waals surface area contributed by atoms with Crippen molar-refractivity contribution < 1.29 is 8.83 Å². The van der Waals surface area contributed by atoms with E-state index >= 15 is 0 Å². The fourth-order valence-electron chi connectivity index (χ4n) is 3.21. The third kappa shape index (κ3) is 2.30. The zero-order chi connectivity index (χ0) is 17.7. The third-order valence-electron chi connectivity index (χ3n) is 4.65. The third-order valence-corrected chi connectivity index (χ3v) is 4.65. The van der Waals surface area contributed by atoms with E-state index in [1.807, 2.05) is 74.5 Å². The highest BCUT2D eigenvalue weighted by Crippen LogP contribution is 2.32. The minimum absolute atomic E-state index is 0.616. The highest BCUT2D eigenvalue weighted by atomic mass is 16.4. The van der Waals surface area contributed by atoms with Gasteiger partial charge in [0.1, 0.15) is 11.0 Å². The lowest BCUT2D eigenvalue weighted by Gasteiger charge is -1.99. The molecule has 5 rings (SSSR count). The largest absolute Gasteiger partial charge is 0.436 e. The van der Waals surface area contributed by atoms with Crippen LogP contribution in [0.15, 0.2) is 69.5 Å². The summed E-state index contributed by atoms with van der Waals surface area (Å²) >= 11 is 0. The fourth-order valence-corrected chi connectivity index (χ4v) is 3.21. The van der Waals surface area contributed by atoms with Gasteiger partial charge in [0.2, 0.25) is 11.8 Å². The van der Waals surface area contributed by atoms with Crippen molar-refractivity contribution >= 4 is 22.2 Å². The van der Waals surface area contributed by atoms with Gasteiger partial charge in [-0.05, 0) is 43.2 Å². The quantitative estimate of drug-likeness (QED) is 0.400. The SMILES string of the molecule is Cc1ccccc1-c1nc2cc3nc(-c4ccccc4C)oc3cc2o1. The van der Waals surface area contributed by atoms with Crippen molar-refractivity contribution in [2.75, 3.05) is 0 Å². The van der Waals surface area contributed by atoms with Gasteiger partial charge in [-0.15, -0.1) is 0 Å². The number of benzene rings is 3. The Labute approximate surface area is 150 Å². The zero-order valence-electron chi connectivity index (χ0n) is 14.5. The number of oxazole rings is 2. The van der Waals surface area contributed by atoms with E-state index < -0.39 is 0 Å². The maximum atomic E-state index is 5.98. The molecule has 0 fully saturated rings. The zero-order valence-corrected chi connectivity index (χ0v) is 14.5. The summed E-state index contributed by atoms with van der Waals surface area (Å²) < 4.78 is 12.0. The molecular formula is C22H16N2O2. The van der Waals surface area contributed by atoms with E-state index in [-0.39, 0.29) is 0 Å². The average Bonchev–Trinajstić information content (AvgIpc) is 3.23. The van der Waals surface area contributed by atoms with Crippen LogP contribution in [0.3, 0.4) is 0 Å². The van der Waals surface area contributed by atoms with Crippen LogP contribution < -0.4 is 0 Å². The first-order chi connectivity index (χ1) is 12.7. The Hall–Kier alpha value is -3.40. The normalized spacial score (nSPS) is 11.5. The molecule has 0 radical (unpaired) electrons. The lowest BCUT2D eigenvalue weighted by molar-refractivity contribution is 0.608. The molecule has 0 N–H and O–H groups in total. The van der Waals surface area contributed by atoms with E-state index in [2.05, 4.69) is 9.97 Å². The van der Waals surface area contributed by atoms with Crippen LogP contribution in [-0.4, -0.2) is 9.97 Å². The molecule has 0 amide bonds. The van der Waals surface area contributed by atoms with Gasteiger partial charge < -0.3 is 8.83 Å². The summed E-state index contributed by atoms with van der Waals surface area (Å²) in [5.41, 5.74) is 7.19. The summed E-state index contributed by atoms with van der Waals surface area (Å²) in [6.45, 7) is 4.10.